The van der Waals surface area contributed by atoms with Crippen molar-refractivity contribution in [1.82, 2.24) is 15.1 Å². The molecule has 0 aromatic heterocycles. The quantitative estimate of drug-likeness (QED) is 0.453. The largest absolute Gasteiger partial charge is 0.416 e. The average molecular weight is 570 g/mol. The minimum Gasteiger partial charge on any atom is -0.349 e. The number of nitrogens with one attached hydrogen (secondary N) is 1. The van der Waals surface area contributed by atoms with Crippen molar-refractivity contribution < 1.29 is 35.9 Å². The first-order valence-corrected chi connectivity index (χ1v) is 13.4. The van der Waals surface area contributed by atoms with Crippen LogP contribution in [0.3, 0.4) is 0 Å². The number of hydrogen-bond donors (Lipinski definition) is 1. The van der Waals surface area contributed by atoms with Crippen molar-refractivity contribution in [2.45, 2.75) is 69.4 Å². The highest BCUT2D eigenvalue weighted by Crippen LogP contribution is 2.42. The number of carbonyl (C=O) groups excluding carboxylic acids is 2. The molecule has 1 aliphatic carbocycles. The molecule has 0 spiro atoms. The molecule has 1 saturated heterocycles. The summed E-state index contributed by atoms with van der Waals surface area (Å²) in [4.78, 5) is 29.7. The molecule has 218 valence electrons. The van der Waals surface area contributed by atoms with E-state index in [1.807, 2.05) is 30.3 Å². The van der Waals surface area contributed by atoms with E-state index < -0.39 is 40.8 Å². The molecule has 4 rings (SSSR count). The highest BCUT2D eigenvalue weighted by atomic mass is 19.4. The summed E-state index contributed by atoms with van der Waals surface area (Å²) >= 11 is 0. The van der Waals surface area contributed by atoms with Crippen LogP contribution in [0.2, 0.25) is 0 Å². The molecule has 2 aliphatic rings. The normalized spacial score (nSPS) is 23.5. The maximum absolute atomic E-state index is 13.9. The van der Waals surface area contributed by atoms with Crippen LogP contribution in [0.25, 0.3) is 0 Å². The molecule has 1 saturated carbocycles. The van der Waals surface area contributed by atoms with Gasteiger partial charge in [-0.2, -0.15) is 26.3 Å². The van der Waals surface area contributed by atoms with Crippen molar-refractivity contribution in [3.63, 3.8) is 0 Å². The van der Waals surface area contributed by atoms with Gasteiger partial charge in [0.15, 0.2) is 0 Å². The second kappa shape index (κ2) is 11.4. The van der Waals surface area contributed by atoms with Crippen molar-refractivity contribution >= 4 is 11.8 Å². The topological polar surface area (TPSA) is 52.7 Å². The third-order valence-electron chi connectivity index (χ3n) is 8.30. The number of piperazine rings is 1. The SMILES string of the molecule is CC(=O)N1CCN([C@H]2CC[C@@](C(=O)NC(C)c3cc(C(F)(F)F)cc(C(F)(F)F)c3)(c3ccccc3)CC2)CC1. The Morgan fingerprint density at radius 2 is 1.40 bits per heavy atom. The fourth-order valence-electron chi connectivity index (χ4n) is 5.91. The van der Waals surface area contributed by atoms with E-state index in [4.69, 9.17) is 0 Å². The van der Waals surface area contributed by atoms with Crippen LogP contribution in [0.4, 0.5) is 26.3 Å². The standard InChI is InChI=1S/C29H33F6N3O2/c1-19(21-16-23(28(30,31)32)18-24(17-21)29(33,34)35)36-26(40)27(22-6-4-3-5-7-22)10-8-25(9-11-27)38-14-12-37(13-15-38)20(2)39/h3-7,16-19,25H,8-15H2,1-2H3,(H,36,40)/t19?,25-,27-. The third-order valence-corrected chi connectivity index (χ3v) is 8.30. The predicted molar refractivity (Wildman–Crippen MR) is 137 cm³/mol. The summed E-state index contributed by atoms with van der Waals surface area (Å²) in [5, 5.41) is 2.74. The van der Waals surface area contributed by atoms with Gasteiger partial charge in [0.25, 0.3) is 0 Å². The number of hydrogen-bond acceptors (Lipinski definition) is 3. The van der Waals surface area contributed by atoms with E-state index in [0.29, 0.717) is 50.9 Å². The van der Waals surface area contributed by atoms with E-state index in [0.717, 1.165) is 18.7 Å². The first-order valence-electron chi connectivity index (χ1n) is 13.4. The Morgan fingerprint density at radius 1 is 0.875 bits per heavy atom. The summed E-state index contributed by atoms with van der Waals surface area (Å²) in [6.45, 7) is 5.71. The molecule has 40 heavy (non-hydrogen) atoms. The second-order valence-corrected chi connectivity index (χ2v) is 10.8. The fraction of sp³-hybridized carbons (Fsp3) is 0.517. The smallest absolute Gasteiger partial charge is 0.349 e. The van der Waals surface area contributed by atoms with Gasteiger partial charge in [0.2, 0.25) is 11.8 Å². The van der Waals surface area contributed by atoms with Gasteiger partial charge in [-0.3, -0.25) is 14.5 Å². The number of halogens is 6. The number of benzene rings is 2. The summed E-state index contributed by atoms with van der Waals surface area (Å²) in [6.07, 6.45) is -7.61. The lowest BCUT2D eigenvalue weighted by Crippen LogP contribution is -2.55. The summed E-state index contributed by atoms with van der Waals surface area (Å²) in [5.41, 5.74) is -3.31. The van der Waals surface area contributed by atoms with Gasteiger partial charge in [-0.05, 0) is 61.9 Å². The second-order valence-electron chi connectivity index (χ2n) is 10.8. The summed E-state index contributed by atoms with van der Waals surface area (Å²) < 4.78 is 80.4. The van der Waals surface area contributed by atoms with Gasteiger partial charge >= 0.3 is 12.4 Å². The van der Waals surface area contributed by atoms with Crippen molar-refractivity contribution in [3.8, 4) is 0 Å². The van der Waals surface area contributed by atoms with Gasteiger partial charge in [0.1, 0.15) is 0 Å². The average Bonchev–Trinajstić information content (AvgIpc) is 2.92. The zero-order valence-corrected chi connectivity index (χ0v) is 22.4. The Bertz CT molecular complexity index is 1170. The number of rotatable bonds is 5. The van der Waals surface area contributed by atoms with E-state index in [1.165, 1.54) is 6.92 Å². The highest BCUT2D eigenvalue weighted by molar-refractivity contribution is 5.88. The van der Waals surface area contributed by atoms with Crippen LogP contribution in [0, 0.1) is 0 Å². The van der Waals surface area contributed by atoms with Crippen molar-refractivity contribution in [3.05, 3.63) is 70.8 Å². The molecule has 1 heterocycles. The van der Waals surface area contributed by atoms with Crippen LogP contribution < -0.4 is 5.32 Å². The van der Waals surface area contributed by atoms with E-state index in [1.54, 1.807) is 11.8 Å². The Kier molecular flexibility index (Phi) is 8.54. The summed E-state index contributed by atoms with van der Waals surface area (Å²) in [7, 11) is 0. The Morgan fingerprint density at radius 3 is 1.88 bits per heavy atom. The lowest BCUT2D eigenvalue weighted by Gasteiger charge is -2.45. The Labute approximate surface area is 229 Å². The van der Waals surface area contributed by atoms with E-state index in [9.17, 15) is 35.9 Å². The van der Waals surface area contributed by atoms with Crippen LogP contribution in [-0.2, 0) is 27.4 Å². The molecule has 0 radical (unpaired) electrons. The van der Waals surface area contributed by atoms with Gasteiger partial charge in [0, 0.05) is 39.1 Å². The molecule has 2 aromatic rings. The molecule has 11 heteroatoms. The maximum atomic E-state index is 13.9. The lowest BCUT2D eigenvalue weighted by molar-refractivity contribution is -0.143. The first kappa shape index (κ1) is 29.9. The van der Waals surface area contributed by atoms with Gasteiger partial charge in [0.05, 0.1) is 22.6 Å². The van der Waals surface area contributed by atoms with Crippen LogP contribution in [0.15, 0.2) is 48.5 Å². The molecule has 1 unspecified atom stereocenters. The number of amides is 2. The monoisotopic (exact) mass is 569 g/mol. The van der Waals surface area contributed by atoms with Crippen LogP contribution in [0.5, 0.6) is 0 Å². The number of nitrogens with zero attached hydrogens (tertiary/aromatic N) is 2. The molecule has 5 nitrogen and oxygen atoms in total. The van der Waals surface area contributed by atoms with Crippen LogP contribution in [0.1, 0.15) is 67.8 Å². The number of alkyl halides is 6. The molecule has 2 amide bonds. The number of carbonyl (C=O) groups is 2. The minimum atomic E-state index is -4.97. The molecule has 2 fully saturated rings. The zero-order chi connectivity index (χ0) is 29.3. The van der Waals surface area contributed by atoms with E-state index >= 15 is 0 Å². The Hall–Kier alpha value is -3.08. The van der Waals surface area contributed by atoms with Gasteiger partial charge in [-0.1, -0.05) is 30.3 Å². The molecule has 1 N–H and O–H groups in total. The maximum Gasteiger partial charge on any atom is 0.416 e. The molecule has 0 bridgehead atoms. The van der Waals surface area contributed by atoms with E-state index in [-0.39, 0.29) is 23.6 Å². The first-order chi connectivity index (χ1) is 18.7. The molecule has 2 aromatic carbocycles. The summed E-state index contributed by atoms with van der Waals surface area (Å²) in [6, 6.07) is 9.64. The minimum absolute atomic E-state index is 0.0419. The van der Waals surface area contributed by atoms with Crippen LogP contribution in [-0.4, -0.2) is 53.8 Å². The fourth-order valence-corrected chi connectivity index (χ4v) is 5.91. The van der Waals surface area contributed by atoms with Crippen LogP contribution >= 0.6 is 0 Å². The molecular formula is C29H33F6N3O2. The predicted octanol–water partition coefficient (Wildman–Crippen LogP) is 5.95. The zero-order valence-electron chi connectivity index (χ0n) is 22.4. The van der Waals surface area contributed by atoms with Crippen molar-refractivity contribution in [1.29, 1.82) is 0 Å². The van der Waals surface area contributed by atoms with Crippen molar-refractivity contribution in [2.24, 2.45) is 0 Å². The lowest BCUT2D eigenvalue weighted by atomic mass is 9.67. The summed E-state index contributed by atoms with van der Waals surface area (Å²) in [5.74, 6) is -0.377. The molecule has 1 aliphatic heterocycles. The van der Waals surface area contributed by atoms with Gasteiger partial charge < -0.3 is 10.2 Å². The van der Waals surface area contributed by atoms with Gasteiger partial charge in [-0.25, -0.2) is 0 Å². The van der Waals surface area contributed by atoms with Crippen molar-refractivity contribution in [2.75, 3.05) is 26.2 Å². The van der Waals surface area contributed by atoms with E-state index in [2.05, 4.69) is 10.2 Å². The third kappa shape index (κ3) is 6.45. The molecule has 1 atom stereocenters. The van der Waals surface area contributed by atoms with Gasteiger partial charge in [-0.15, -0.1) is 0 Å². The Balaban J connectivity index is 1.55. The molecular weight excluding hydrogens is 536 g/mol. The highest BCUT2D eigenvalue weighted by Gasteiger charge is 2.45.